The molecule has 0 saturated carbocycles. The second-order valence-electron chi connectivity index (χ2n) is 4.99. The predicted molar refractivity (Wildman–Crippen MR) is 85.7 cm³/mol. The van der Waals surface area contributed by atoms with E-state index in [-0.39, 0.29) is 18.3 Å². The number of nitrogens with two attached hydrogens (primary N) is 1. The Morgan fingerprint density at radius 1 is 1.26 bits per heavy atom. The summed E-state index contributed by atoms with van der Waals surface area (Å²) in [6.07, 6.45) is 1.23. The summed E-state index contributed by atoms with van der Waals surface area (Å²) in [7, 11) is 0. The molecular formula is C16H18F2N4O. The van der Waals surface area contributed by atoms with E-state index < -0.39 is 6.61 Å². The van der Waals surface area contributed by atoms with E-state index in [9.17, 15) is 8.78 Å². The van der Waals surface area contributed by atoms with Crippen LogP contribution in [0.4, 0.5) is 14.5 Å². The standard InChI is InChI=1S/C16H18F2N4O/c1-10-3-4-12(7-11(10)2)22-16(19)21-8-13-5-6-14(9-20-13)23-15(17)18/h3-7,9,15H,8H2,1-2H3,(H3,19,21,22). The average molecular weight is 320 g/mol. The quantitative estimate of drug-likeness (QED) is 0.655. The van der Waals surface area contributed by atoms with Crippen LogP contribution in [-0.4, -0.2) is 17.6 Å². The Balaban J connectivity index is 1.94. The molecular weight excluding hydrogens is 302 g/mol. The van der Waals surface area contributed by atoms with Crippen LogP contribution in [0.25, 0.3) is 0 Å². The van der Waals surface area contributed by atoms with E-state index in [1.54, 1.807) is 6.07 Å². The molecule has 1 aromatic carbocycles. The van der Waals surface area contributed by atoms with E-state index in [1.165, 1.54) is 17.8 Å². The second kappa shape index (κ2) is 7.53. The molecule has 0 atom stereocenters. The molecule has 0 aliphatic heterocycles. The molecule has 0 radical (unpaired) electrons. The van der Waals surface area contributed by atoms with Crippen molar-refractivity contribution in [3.05, 3.63) is 53.3 Å². The lowest BCUT2D eigenvalue weighted by molar-refractivity contribution is -0.0500. The van der Waals surface area contributed by atoms with Crippen LogP contribution in [0.15, 0.2) is 41.5 Å². The van der Waals surface area contributed by atoms with Crippen molar-refractivity contribution in [2.75, 3.05) is 5.32 Å². The zero-order chi connectivity index (χ0) is 16.8. The topological polar surface area (TPSA) is 72.5 Å². The normalized spacial score (nSPS) is 11.6. The third-order valence-electron chi connectivity index (χ3n) is 3.21. The van der Waals surface area contributed by atoms with E-state index in [0.717, 1.165) is 11.3 Å². The lowest BCUT2D eigenvalue weighted by Crippen LogP contribution is -2.22. The highest BCUT2D eigenvalue weighted by atomic mass is 19.3. The van der Waals surface area contributed by atoms with Crippen LogP contribution in [0.3, 0.4) is 0 Å². The molecule has 0 fully saturated rings. The third-order valence-corrected chi connectivity index (χ3v) is 3.21. The van der Waals surface area contributed by atoms with E-state index in [1.807, 2.05) is 32.0 Å². The summed E-state index contributed by atoms with van der Waals surface area (Å²) in [5, 5.41) is 2.99. The van der Waals surface area contributed by atoms with Gasteiger partial charge in [0.2, 0.25) is 0 Å². The number of aryl methyl sites for hydroxylation is 2. The number of aromatic nitrogens is 1. The Labute approximate surface area is 133 Å². The van der Waals surface area contributed by atoms with Gasteiger partial charge in [-0.1, -0.05) is 6.07 Å². The summed E-state index contributed by atoms with van der Waals surface area (Å²) in [6, 6.07) is 8.86. The molecule has 3 N–H and O–H groups in total. The van der Waals surface area contributed by atoms with Crippen molar-refractivity contribution in [2.24, 2.45) is 10.7 Å². The fourth-order valence-corrected chi connectivity index (χ4v) is 1.85. The van der Waals surface area contributed by atoms with Crippen molar-refractivity contribution in [2.45, 2.75) is 27.0 Å². The number of nitrogens with one attached hydrogen (secondary N) is 1. The minimum absolute atomic E-state index is 0.00829. The molecule has 122 valence electrons. The average Bonchev–Trinajstić information content (AvgIpc) is 2.50. The Morgan fingerprint density at radius 2 is 2.04 bits per heavy atom. The smallest absolute Gasteiger partial charge is 0.387 e. The highest BCUT2D eigenvalue weighted by Gasteiger charge is 2.04. The van der Waals surface area contributed by atoms with Gasteiger partial charge in [0.25, 0.3) is 0 Å². The zero-order valence-corrected chi connectivity index (χ0v) is 12.9. The summed E-state index contributed by atoms with van der Waals surface area (Å²) in [5.74, 6) is 0.261. The molecule has 1 aromatic heterocycles. The van der Waals surface area contributed by atoms with Crippen LogP contribution in [-0.2, 0) is 6.54 Å². The second-order valence-corrected chi connectivity index (χ2v) is 4.99. The number of hydrogen-bond acceptors (Lipinski definition) is 3. The molecule has 1 heterocycles. The number of ether oxygens (including phenoxy) is 1. The minimum Gasteiger partial charge on any atom is -0.433 e. The molecule has 0 saturated heterocycles. The molecule has 0 aliphatic rings. The van der Waals surface area contributed by atoms with Crippen molar-refractivity contribution in [3.8, 4) is 5.75 Å². The molecule has 5 nitrogen and oxygen atoms in total. The van der Waals surface area contributed by atoms with Crippen molar-refractivity contribution in [1.29, 1.82) is 0 Å². The minimum atomic E-state index is -2.86. The number of alkyl halides is 2. The van der Waals surface area contributed by atoms with Gasteiger partial charge in [0, 0.05) is 5.69 Å². The maximum absolute atomic E-state index is 12.0. The van der Waals surface area contributed by atoms with Crippen LogP contribution in [0.2, 0.25) is 0 Å². The largest absolute Gasteiger partial charge is 0.433 e. The van der Waals surface area contributed by atoms with E-state index in [2.05, 4.69) is 20.0 Å². The summed E-state index contributed by atoms with van der Waals surface area (Å²) in [6.45, 7) is 1.42. The molecule has 7 heteroatoms. The number of nitrogens with zero attached hydrogens (tertiary/aromatic N) is 2. The summed E-state index contributed by atoms with van der Waals surface area (Å²) < 4.78 is 28.3. The van der Waals surface area contributed by atoms with Crippen LogP contribution >= 0.6 is 0 Å². The molecule has 0 amide bonds. The molecule has 0 spiro atoms. The first-order valence-electron chi connectivity index (χ1n) is 6.98. The Kier molecular flexibility index (Phi) is 5.46. The Morgan fingerprint density at radius 3 is 2.65 bits per heavy atom. The first-order valence-corrected chi connectivity index (χ1v) is 6.98. The molecule has 0 bridgehead atoms. The molecule has 23 heavy (non-hydrogen) atoms. The Bertz CT molecular complexity index is 687. The van der Waals surface area contributed by atoms with E-state index >= 15 is 0 Å². The highest BCUT2D eigenvalue weighted by molar-refractivity contribution is 5.92. The van der Waals surface area contributed by atoms with Gasteiger partial charge < -0.3 is 15.8 Å². The number of hydrogen-bond donors (Lipinski definition) is 2. The first kappa shape index (κ1) is 16.7. The lowest BCUT2D eigenvalue weighted by atomic mass is 10.1. The van der Waals surface area contributed by atoms with Gasteiger partial charge in [-0.3, -0.25) is 4.98 Å². The SMILES string of the molecule is Cc1ccc(NC(N)=NCc2ccc(OC(F)F)cn2)cc1C. The maximum atomic E-state index is 12.0. The number of guanidine groups is 1. The fourth-order valence-electron chi connectivity index (χ4n) is 1.85. The van der Waals surface area contributed by atoms with Gasteiger partial charge >= 0.3 is 6.61 Å². The summed E-state index contributed by atoms with van der Waals surface area (Å²) in [4.78, 5) is 8.15. The monoisotopic (exact) mass is 320 g/mol. The van der Waals surface area contributed by atoms with E-state index in [4.69, 9.17) is 5.73 Å². The predicted octanol–water partition coefficient (Wildman–Crippen LogP) is 3.23. The van der Waals surface area contributed by atoms with Gasteiger partial charge in [-0.05, 0) is 49.2 Å². The van der Waals surface area contributed by atoms with Crippen LogP contribution < -0.4 is 15.8 Å². The number of aliphatic imine (C=N–C) groups is 1. The molecule has 0 unspecified atom stereocenters. The molecule has 2 rings (SSSR count). The van der Waals surface area contributed by atoms with Crippen molar-refractivity contribution < 1.29 is 13.5 Å². The van der Waals surface area contributed by atoms with Crippen LogP contribution in [0, 0.1) is 13.8 Å². The Hall–Kier alpha value is -2.70. The van der Waals surface area contributed by atoms with Gasteiger partial charge in [-0.25, -0.2) is 4.99 Å². The fraction of sp³-hybridized carbons (Fsp3) is 0.250. The van der Waals surface area contributed by atoms with E-state index in [0.29, 0.717) is 5.69 Å². The van der Waals surface area contributed by atoms with Gasteiger partial charge in [0.1, 0.15) is 5.75 Å². The third kappa shape index (κ3) is 5.21. The highest BCUT2D eigenvalue weighted by Crippen LogP contribution is 2.14. The van der Waals surface area contributed by atoms with Gasteiger partial charge in [0.15, 0.2) is 5.96 Å². The van der Waals surface area contributed by atoms with Crippen LogP contribution in [0.5, 0.6) is 5.75 Å². The maximum Gasteiger partial charge on any atom is 0.387 e. The summed E-state index contributed by atoms with van der Waals surface area (Å²) in [5.41, 5.74) is 9.62. The van der Waals surface area contributed by atoms with Gasteiger partial charge in [-0.2, -0.15) is 8.78 Å². The number of pyridine rings is 1. The molecule has 2 aromatic rings. The number of anilines is 1. The van der Waals surface area contributed by atoms with Crippen LogP contribution in [0.1, 0.15) is 16.8 Å². The summed E-state index contributed by atoms with van der Waals surface area (Å²) >= 11 is 0. The number of benzene rings is 1. The number of halogens is 2. The lowest BCUT2D eigenvalue weighted by Gasteiger charge is -2.08. The van der Waals surface area contributed by atoms with Gasteiger partial charge in [-0.15, -0.1) is 0 Å². The number of rotatable bonds is 5. The van der Waals surface area contributed by atoms with Crippen molar-refractivity contribution in [1.82, 2.24) is 4.98 Å². The van der Waals surface area contributed by atoms with Gasteiger partial charge in [0.05, 0.1) is 18.4 Å². The van der Waals surface area contributed by atoms with Crippen molar-refractivity contribution >= 4 is 11.6 Å². The van der Waals surface area contributed by atoms with Crippen molar-refractivity contribution in [3.63, 3.8) is 0 Å². The first-order chi connectivity index (χ1) is 10.9. The zero-order valence-electron chi connectivity index (χ0n) is 12.9. The molecule has 0 aliphatic carbocycles.